The number of likely N-dealkylation sites (N-methyl/N-ethyl adjacent to an activating group) is 2. The quantitative estimate of drug-likeness (QED) is 0.813. The summed E-state index contributed by atoms with van der Waals surface area (Å²) in [4.78, 5) is 7.19. The standard InChI is InChI=1S/C17H31N3S/c1-5-18-15(12-16-19-14(2)13-21-16)17(20(3)4)10-8-6-7-9-11-17/h13,15,18H,5-12H2,1-4H3. The summed E-state index contributed by atoms with van der Waals surface area (Å²) in [5.74, 6) is 0. The van der Waals surface area contributed by atoms with Crippen LogP contribution in [0, 0.1) is 6.92 Å². The number of rotatable bonds is 6. The Balaban J connectivity index is 2.22. The molecule has 21 heavy (non-hydrogen) atoms. The lowest BCUT2D eigenvalue weighted by atomic mass is 9.79. The highest BCUT2D eigenvalue weighted by Crippen LogP contribution is 2.35. The predicted octanol–water partition coefficient (Wildman–Crippen LogP) is 3.63. The SMILES string of the molecule is CCNC(Cc1nc(C)cs1)C1(N(C)C)CCCCCC1. The van der Waals surface area contributed by atoms with Gasteiger partial charge in [-0.15, -0.1) is 11.3 Å². The van der Waals surface area contributed by atoms with Crippen molar-refractivity contribution in [3.8, 4) is 0 Å². The molecule has 1 saturated carbocycles. The zero-order valence-corrected chi connectivity index (χ0v) is 14.9. The lowest BCUT2D eigenvalue weighted by Gasteiger charge is -2.46. The first-order chi connectivity index (χ1) is 10.1. The molecule has 0 spiro atoms. The molecule has 4 heteroatoms. The summed E-state index contributed by atoms with van der Waals surface area (Å²) in [5.41, 5.74) is 1.44. The molecule has 1 heterocycles. The predicted molar refractivity (Wildman–Crippen MR) is 92.1 cm³/mol. The maximum absolute atomic E-state index is 4.70. The van der Waals surface area contributed by atoms with Gasteiger partial charge >= 0.3 is 0 Å². The van der Waals surface area contributed by atoms with Crippen LogP contribution in [-0.2, 0) is 6.42 Å². The third kappa shape index (κ3) is 4.05. The molecule has 0 bridgehead atoms. The Kier molecular flexibility index (Phi) is 6.20. The van der Waals surface area contributed by atoms with Crippen molar-refractivity contribution in [2.24, 2.45) is 0 Å². The molecule has 3 nitrogen and oxygen atoms in total. The molecular weight excluding hydrogens is 278 g/mol. The largest absolute Gasteiger partial charge is 0.312 e. The number of nitrogens with one attached hydrogen (secondary N) is 1. The number of hydrogen-bond acceptors (Lipinski definition) is 4. The average molecular weight is 310 g/mol. The van der Waals surface area contributed by atoms with Crippen LogP contribution in [-0.4, -0.2) is 42.1 Å². The van der Waals surface area contributed by atoms with E-state index in [2.05, 4.69) is 43.5 Å². The maximum atomic E-state index is 4.70. The van der Waals surface area contributed by atoms with Gasteiger partial charge in [0, 0.05) is 29.1 Å². The Morgan fingerprint density at radius 2 is 1.95 bits per heavy atom. The first-order valence-corrected chi connectivity index (χ1v) is 9.28. The zero-order valence-electron chi connectivity index (χ0n) is 14.1. The van der Waals surface area contributed by atoms with E-state index in [-0.39, 0.29) is 5.54 Å². The molecule has 0 aliphatic heterocycles. The lowest BCUT2D eigenvalue weighted by Crippen LogP contribution is -2.59. The van der Waals surface area contributed by atoms with Crippen LogP contribution in [0.5, 0.6) is 0 Å². The van der Waals surface area contributed by atoms with Crippen molar-refractivity contribution in [3.63, 3.8) is 0 Å². The summed E-state index contributed by atoms with van der Waals surface area (Å²) < 4.78 is 0. The Morgan fingerprint density at radius 3 is 2.43 bits per heavy atom. The molecule has 1 unspecified atom stereocenters. The summed E-state index contributed by atoms with van der Waals surface area (Å²) in [6.07, 6.45) is 9.18. The second-order valence-electron chi connectivity index (χ2n) is 6.61. The van der Waals surface area contributed by atoms with Crippen molar-refractivity contribution >= 4 is 11.3 Å². The van der Waals surface area contributed by atoms with E-state index in [0.29, 0.717) is 6.04 Å². The Hall–Kier alpha value is -0.450. The van der Waals surface area contributed by atoms with Gasteiger partial charge in [0.15, 0.2) is 0 Å². The monoisotopic (exact) mass is 309 g/mol. The van der Waals surface area contributed by atoms with Crippen LogP contribution in [0.25, 0.3) is 0 Å². The summed E-state index contributed by atoms with van der Waals surface area (Å²) in [7, 11) is 4.53. The van der Waals surface area contributed by atoms with Crippen molar-refractivity contribution < 1.29 is 0 Å². The molecule has 1 aliphatic carbocycles. The Morgan fingerprint density at radius 1 is 1.29 bits per heavy atom. The van der Waals surface area contributed by atoms with E-state index in [1.807, 2.05) is 11.3 Å². The number of nitrogens with zero attached hydrogens (tertiary/aromatic N) is 2. The van der Waals surface area contributed by atoms with E-state index >= 15 is 0 Å². The molecule has 1 fully saturated rings. The molecule has 0 amide bonds. The third-order valence-corrected chi connectivity index (χ3v) is 5.99. The van der Waals surface area contributed by atoms with Gasteiger partial charge in [0.1, 0.15) is 0 Å². The first kappa shape index (κ1) is 16.9. The van der Waals surface area contributed by atoms with Gasteiger partial charge < -0.3 is 10.2 Å². The molecule has 0 saturated heterocycles. The summed E-state index contributed by atoms with van der Waals surface area (Å²) in [6.45, 7) is 5.35. The van der Waals surface area contributed by atoms with Crippen molar-refractivity contribution in [1.82, 2.24) is 15.2 Å². The smallest absolute Gasteiger partial charge is 0.0944 e. The molecule has 2 rings (SSSR count). The highest BCUT2D eigenvalue weighted by atomic mass is 32.1. The zero-order chi connectivity index (χ0) is 15.3. The first-order valence-electron chi connectivity index (χ1n) is 8.40. The van der Waals surface area contributed by atoms with E-state index < -0.39 is 0 Å². The summed E-state index contributed by atoms with van der Waals surface area (Å²) in [6, 6.07) is 0.501. The van der Waals surface area contributed by atoms with Gasteiger partial charge in [0.05, 0.1) is 5.01 Å². The Labute approximate surface area is 134 Å². The van der Waals surface area contributed by atoms with E-state index in [9.17, 15) is 0 Å². The molecule has 1 aliphatic rings. The second kappa shape index (κ2) is 7.70. The van der Waals surface area contributed by atoms with E-state index in [1.54, 1.807) is 0 Å². The van der Waals surface area contributed by atoms with Crippen LogP contribution in [0.2, 0.25) is 0 Å². The van der Waals surface area contributed by atoms with Crippen molar-refractivity contribution in [2.75, 3.05) is 20.6 Å². The van der Waals surface area contributed by atoms with E-state index in [1.165, 1.54) is 43.5 Å². The molecule has 1 N–H and O–H groups in total. The minimum Gasteiger partial charge on any atom is -0.312 e. The summed E-state index contributed by atoms with van der Waals surface area (Å²) >= 11 is 1.81. The van der Waals surface area contributed by atoms with Crippen LogP contribution >= 0.6 is 11.3 Å². The van der Waals surface area contributed by atoms with Crippen molar-refractivity contribution in [3.05, 3.63) is 16.1 Å². The number of aryl methyl sites for hydroxylation is 1. The van der Waals surface area contributed by atoms with Gasteiger partial charge in [-0.25, -0.2) is 4.98 Å². The van der Waals surface area contributed by atoms with Crippen LogP contribution < -0.4 is 5.32 Å². The molecule has 1 aromatic rings. The minimum atomic E-state index is 0.284. The number of hydrogen-bond donors (Lipinski definition) is 1. The van der Waals surface area contributed by atoms with Gasteiger partial charge in [0.25, 0.3) is 0 Å². The second-order valence-corrected chi connectivity index (χ2v) is 7.55. The molecule has 1 atom stereocenters. The van der Waals surface area contributed by atoms with Crippen LogP contribution in [0.15, 0.2) is 5.38 Å². The van der Waals surface area contributed by atoms with Gasteiger partial charge in [0.2, 0.25) is 0 Å². The Bertz CT molecular complexity index is 419. The highest BCUT2D eigenvalue weighted by Gasteiger charge is 2.40. The fraction of sp³-hybridized carbons (Fsp3) is 0.824. The summed E-state index contributed by atoms with van der Waals surface area (Å²) in [5, 5.41) is 7.24. The molecule has 1 aromatic heterocycles. The van der Waals surface area contributed by atoms with Crippen LogP contribution in [0.1, 0.15) is 56.2 Å². The molecule has 120 valence electrons. The molecule has 0 aromatic carbocycles. The minimum absolute atomic E-state index is 0.284. The normalized spacial score (nSPS) is 20.4. The molecule has 0 radical (unpaired) electrons. The van der Waals surface area contributed by atoms with Crippen molar-refractivity contribution in [1.29, 1.82) is 0 Å². The number of thiazole rings is 1. The van der Waals surface area contributed by atoms with E-state index in [0.717, 1.165) is 18.7 Å². The maximum Gasteiger partial charge on any atom is 0.0944 e. The molecular formula is C17H31N3S. The fourth-order valence-electron chi connectivity index (χ4n) is 3.82. The third-order valence-electron chi connectivity index (χ3n) is 5.00. The topological polar surface area (TPSA) is 28.2 Å². The van der Waals surface area contributed by atoms with Gasteiger partial charge in [-0.3, -0.25) is 0 Å². The van der Waals surface area contributed by atoms with Crippen LogP contribution in [0.4, 0.5) is 0 Å². The fourth-order valence-corrected chi connectivity index (χ4v) is 4.64. The van der Waals surface area contributed by atoms with Crippen molar-refractivity contribution in [2.45, 2.75) is 70.4 Å². The average Bonchev–Trinajstić information content (AvgIpc) is 2.72. The highest BCUT2D eigenvalue weighted by molar-refractivity contribution is 7.09. The lowest BCUT2D eigenvalue weighted by molar-refractivity contribution is 0.0808. The number of aromatic nitrogens is 1. The van der Waals surface area contributed by atoms with Gasteiger partial charge in [-0.1, -0.05) is 32.6 Å². The van der Waals surface area contributed by atoms with Gasteiger partial charge in [-0.05, 0) is 40.4 Å². The van der Waals surface area contributed by atoms with E-state index in [4.69, 9.17) is 4.98 Å². The van der Waals surface area contributed by atoms with Crippen LogP contribution in [0.3, 0.4) is 0 Å². The van der Waals surface area contributed by atoms with Gasteiger partial charge in [-0.2, -0.15) is 0 Å².